The smallest absolute Gasteiger partial charge is 0.158 e. The van der Waals surface area contributed by atoms with Crippen molar-refractivity contribution in [2.75, 3.05) is 0 Å². The molecular formula is C14H9N3O. The summed E-state index contributed by atoms with van der Waals surface area (Å²) in [7, 11) is 0. The molecule has 0 bridgehead atoms. The van der Waals surface area contributed by atoms with Crippen LogP contribution in [-0.4, -0.2) is 9.38 Å². The van der Waals surface area contributed by atoms with Gasteiger partial charge >= 0.3 is 0 Å². The van der Waals surface area contributed by atoms with Gasteiger partial charge in [0, 0.05) is 5.39 Å². The molecule has 0 aliphatic heterocycles. The van der Waals surface area contributed by atoms with Crippen LogP contribution in [0.15, 0.2) is 53.7 Å². The van der Waals surface area contributed by atoms with E-state index in [1.54, 1.807) is 0 Å². The SMILES string of the molecule is O=Nc1c2ccccc2n2c1[nH]c1ccccc12. The molecule has 86 valence electrons. The van der Waals surface area contributed by atoms with Crippen LogP contribution in [0.25, 0.3) is 27.6 Å². The van der Waals surface area contributed by atoms with Gasteiger partial charge in [-0.1, -0.05) is 30.3 Å². The third kappa shape index (κ3) is 0.996. The number of imidazole rings is 1. The largest absolute Gasteiger partial charge is 0.338 e. The minimum atomic E-state index is 0.474. The van der Waals surface area contributed by atoms with Gasteiger partial charge in [0.2, 0.25) is 0 Å². The zero-order valence-corrected chi connectivity index (χ0v) is 9.42. The lowest BCUT2D eigenvalue weighted by atomic mass is 10.2. The molecule has 4 heteroatoms. The van der Waals surface area contributed by atoms with Gasteiger partial charge in [-0.2, -0.15) is 0 Å². The minimum absolute atomic E-state index is 0.474. The summed E-state index contributed by atoms with van der Waals surface area (Å²) in [5.74, 6) is 0. The van der Waals surface area contributed by atoms with Crippen molar-refractivity contribution in [1.82, 2.24) is 9.38 Å². The van der Waals surface area contributed by atoms with E-state index in [1.807, 2.05) is 52.9 Å². The van der Waals surface area contributed by atoms with E-state index in [2.05, 4.69) is 10.2 Å². The van der Waals surface area contributed by atoms with Crippen LogP contribution in [0.2, 0.25) is 0 Å². The Kier molecular flexibility index (Phi) is 1.67. The molecule has 4 nitrogen and oxygen atoms in total. The Morgan fingerprint density at radius 2 is 1.67 bits per heavy atom. The molecule has 18 heavy (non-hydrogen) atoms. The van der Waals surface area contributed by atoms with Gasteiger partial charge in [-0.05, 0) is 23.4 Å². The normalized spacial score (nSPS) is 11.6. The van der Waals surface area contributed by atoms with Gasteiger partial charge in [0.15, 0.2) is 5.69 Å². The van der Waals surface area contributed by atoms with Gasteiger partial charge in [-0.25, -0.2) is 0 Å². The number of aromatic nitrogens is 2. The number of fused-ring (bicyclic) bond motifs is 5. The Labute approximate surface area is 102 Å². The maximum absolute atomic E-state index is 11.1. The summed E-state index contributed by atoms with van der Waals surface area (Å²) in [6, 6.07) is 15.8. The second-order valence-corrected chi connectivity index (χ2v) is 4.28. The Hall–Kier alpha value is -2.62. The number of aromatic amines is 1. The zero-order valence-electron chi connectivity index (χ0n) is 9.42. The second-order valence-electron chi connectivity index (χ2n) is 4.28. The summed E-state index contributed by atoms with van der Waals surface area (Å²) >= 11 is 0. The van der Waals surface area contributed by atoms with E-state index in [0.717, 1.165) is 27.6 Å². The molecule has 4 rings (SSSR count). The zero-order chi connectivity index (χ0) is 12.1. The number of nitroso groups, excluding NO2 is 1. The minimum Gasteiger partial charge on any atom is -0.338 e. The summed E-state index contributed by atoms with van der Waals surface area (Å²) in [4.78, 5) is 14.3. The van der Waals surface area contributed by atoms with Crippen molar-refractivity contribution in [3.05, 3.63) is 53.4 Å². The van der Waals surface area contributed by atoms with E-state index < -0.39 is 0 Å². The van der Waals surface area contributed by atoms with Crippen LogP contribution >= 0.6 is 0 Å². The lowest BCUT2D eigenvalue weighted by Gasteiger charge is -1.93. The highest BCUT2D eigenvalue weighted by Gasteiger charge is 2.15. The number of hydrogen-bond donors (Lipinski definition) is 1. The molecular weight excluding hydrogens is 226 g/mol. The fraction of sp³-hybridized carbons (Fsp3) is 0. The fourth-order valence-corrected chi connectivity index (χ4v) is 2.58. The van der Waals surface area contributed by atoms with Crippen molar-refractivity contribution < 1.29 is 0 Å². The van der Waals surface area contributed by atoms with Crippen LogP contribution in [-0.2, 0) is 0 Å². The van der Waals surface area contributed by atoms with Crippen LogP contribution in [0.3, 0.4) is 0 Å². The molecule has 0 saturated heterocycles. The molecule has 2 heterocycles. The summed E-state index contributed by atoms with van der Waals surface area (Å²) < 4.78 is 2.04. The van der Waals surface area contributed by atoms with Gasteiger partial charge < -0.3 is 4.98 Å². The molecule has 0 saturated carbocycles. The molecule has 0 spiro atoms. The van der Waals surface area contributed by atoms with Crippen LogP contribution in [0.4, 0.5) is 5.69 Å². The van der Waals surface area contributed by atoms with Crippen molar-refractivity contribution in [3.8, 4) is 0 Å². The topological polar surface area (TPSA) is 49.6 Å². The van der Waals surface area contributed by atoms with Gasteiger partial charge in [0.05, 0.1) is 16.6 Å². The summed E-state index contributed by atoms with van der Waals surface area (Å²) in [6.07, 6.45) is 0. The Morgan fingerprint density at radius 1 is 0.944 bits per heavy atom. The molecule has 0 aliphatic carbocycles. The number of nitrogens with zero attached hydrogens (tertiary/aromatic N) is 2. The van der Waals surface area contributed by atoms with E-state index in [9.17, 15) is 4.91 Å². The van der Waals surface area contributed by atoms with Gasteiger partial charge in [-0.15, -0.1) is 4.91 Å². The monoisotopic (exact) mass is 235 g/mol. The van der Waals surface area contributed by atoms with E-state index in [0.29, 0.717) is 5.69 Å². The highest BCUT2D eigenvalue weighted by atomic mass is 16.3. The maximum atomic E-state index is 11.1. The van der Waals surface area contributed by atoms with Crippen LogP contribution in [0, 0.1) is 4.91 Å². The van der Waals surface area contributed by atoms with E-state index in [4.69, 9.17) is 0 Å². The van der Waals surface area contributed by atoms with Gasteiger partial charge in [0.25, 0.3) is 0 Å². The molecule has 2 aromatic heterocycles. The molecule has 0 aliphatic rings. The van der Waals surface area contributed by atoms with Gasteiger partial charge in [0.1, 0.15) is 5.65 Å². The first-order chi connectivity index (χ1) is 8.90. The quantitative estimate of drug-likeness (QED) is 0.498. The number of nitrogens with one attached hydrogen (secondary N) is 1. The molecule has 0 atom stereocenters. The molecule has 1 N–H and O–H groups in total. The fourth-order valence-electron chi connectivity index (χ4n) is 2.58. The Bertz CT molecular complexity index is 901. The van der Waals surface area contributed by atoms with Crippen LogP contribution < -0.4 is 0 Å². The highest BCUT2D eigenvalue weighted by Crippen LogP contribution is 2.35. The Balaban J connectivity index is 2.40. The van der Waals surface area contributed by atoms with Crippen LogP contribution in [0.1, 0.15) is 0 Å². The first-order valence-electron chi connectivity index (χ1n) is 5.73. The summed E-state index contributed by atoms with van der Waals surface area (Å²) in [6.45, 7) is 0. The standard InChI is InChI=1S/C14H9N3O/c18-16-13-9-5-1-3-7-11(9)17-12-8-4-2-6-10(12)15-14(13)17/h1-8,15H. The number of para-hydroxylation sites is 3. The predicted molar refractivity (Wildman–Crippen MR) is 72.2 cm³/mol. The second kappa shape index (κ2) is 3.20. The number of hydrogen-bond acceptors (Lipinski definition) is 2. The number of H-pyrrole nitrogens is 1. The van der Waals surface area contributed by atoms with Crippen molar-refractivity contribution >= 4 is 33.3 Å². The lowest BCUT2D eigenvalue weighted by Crippen LogP contribution is -1.78. The van der Waals surface area contributed by atoms with E-state index in [-0.39, 0.29) is 0 Å². The predicted octanol–water partition coefficient (Wildman–Crippen LogP) is 3.97. The van der Waals surface area contributed by atoms with Crippen molar-refractivity contribution in [3.63, 3.8) is 0 Å². The van der Waals surface area contributed by atoms with Gasteiger partial charge in [-0.3, -0.25) is 4.40 Å². The summed E-state index contributed by atoms with van der Waals surface area (Å²) in [5.41, 5.74) is 4.29. The van der Waals surface area contributed by atoms with Crippen molar-refractivity contribution in [1.29, 1.82) is 0 Å². The summed E-state index contributed by atoms with van der Waals surface area (Å²) in [5, 5.41) is 4.06. The molecule has 0 radical (unpaired) electrons. The van der Waals surface area contributed by atoms with E-state index in [1.165, 1.54) is 0 Å². The third-order valence-electron chi connectivity index (χ3n) is 3.34. The van der Waals surface area contributed by atoms with Crippen molar-refractivity contribution in [2.45, 2.75) is 0 Å². The Morgan fingerprint density at radius 3 is 2.50 bits per heavy atom. The molecule has 4 aromatic rings. The first-order valence-corrected chi connectivity index (χ1v) is 5.73. The maximum Gasteiger partial charge on any atom is 0.158 e. The van der Waals surface area contributed by atoms with Crippen molar-refractivity contribution in [2.24, 2.45) is 5.18 Å². The highest BCUT2D eigenvalue weighted by molar-refractivity contribution is 6.04. The molecule has 0 unspecified atom stereocenters. The average Bonchev–Trinajstić information content (AvgIpc) is 2.92. The lowest BCUT2D eigenvalue weighted by molar-refractivity contribution is 1.32. The molecule has 2 aromatic carbocycles. The average molecular weight is 235 g/mol. The van der Waals surface area contributed by atoms with Crippen LogP contribution in [0.5, 0.6) is 0 Å². The molecule has 0 amide bonds. The van der Waals surface area contributed by atoms with E-state index >= 15 is 0 Å². The number of rotatable bonds is 1. The first kappa shape index (κ1) is 9.41. The third-order valence-corrected chi connectivity index (χ3v) is 3.34. The molecule has 0 fully saturated rings. The number of benzene rings is 2.